The summed E-state index contributed by atoms with van der Waals surface area (Å²) in [5.41, 5.74) is 1.90. The minimum Gasteiger partial charge on any atom is -0.466 e. The molecule has 0 aliphatic heterocycles. The molecule has 0 aromatic heterocycles. The Morgan fingerprint density at radius 1 is 1.33 bits per heavy atom. The van der Waals surface area contributed by atoms with Gasteiger partial charge < -0.3 is 4.74 Å². The van der Waals surface area contributed by atoms with Crippen molar-refractivity contribution in [1.29, 1.82) is 0 Å². The summed E-state index contributed by atoms with van der Waals surface area (Å²) in [6, 6.07) is 0. The molecule has 0 saturated carbocycles. The lowest BCUT2D eigenvalue weighted by molar-refractivity contribution is -0.136. The van der Waals surface area contributed by atoms with E-state index in [1.807, 2.05) is 13.8 Å². The van der Waals surface area contributed by atoms with E-state index in [9.17, 15) is 4.79 Å². The van der Waals surface area contributed by atoms with Crippen molar-refractivity contribution >= 4 is 5.97 Å². The van der Waals surface area contributed by atoms with Gasteiger partial charge >= 0.3 is 5.97 Å². The molecule has 0 unspecified atom stereocenters. The van der Waals surface area contributed by atoms with Crippen LogP contribution in [0.1, 0.15) is 40.0 Å². The molecule has 0 aliphatic rings. The Morgan fingerprint density at radius 3 is 2.33 bits per heavy atom. The molecule has 12 heavy (non-hydrogen) atoms. The van der Waals surface area contributed by atoms with Gasteiger partial charge in [0.2, 0.25) is 0 Å². The van der Waals surface area contributed by atoms with Crippen LogP contribution in [-0.4, -0.2) is 13.1 Å². The number of unbranched alkanes of at least 4 members (excludes halogenated alkanes) is 1. The summed E-state index contributed by atoms with van der Waals surface area (Å²) in [5, 5.41) is 0. The van der Waals surface area contributed by atoms with Gasteiger partial charge in [-0.15, -0.1) is 0 Å². The number of allylic oxidation sites excluding steroid dienone is 1. The third-order valence-corrected chi connectivity index (χ3v) is 2.04. The molecule has 0 atom stereocenters. The maximum atomic E-state index is 11.0. The molecule has 0 aliphatic carbocycles. The molecule has 0 rings (SSSR count). The second-order valence-corrected chi connectivity index (χ2v) is 3.00. The van der Waals surface area contributed by atoms with E-state index in [1.165, 1.54) is 7.11 Å². The van der Waals surface area contributed by atoms with Crippen molar-refractivity contribution in [2.24, 2.45) is 0 Å². The second kappa shape index (κ2) is 5.81. The maximum absolute atomic E-state index is 11.0. The van der Waals surface area contributed by atoms with Crippen LogP contribution in [0.15, 0.2) is 11.1 Å². The lowest BCUT2D eigenvalue weighted by Gasteiger charge is -2.04. The highest BCUT2D eigenvalue weighted by Gasteiger charge is 2.06. The number of methoxy groups -OCH3 is 1. The molecule has 0 saturated heterocycles. The first-order chi connectivity index (χ1) is 5.63. The zero-order valence-corrected chi connectivity index (χ0v) is 8.44. The number of hydrogen-bond acceptors (Lipinski definition) is 2. The van der Waals surface area contributed by atoms with Crippen molar-refractivity contribution in [1.82, 2.24) is 0 Å². The Hall–Kier alpha value is -0.790. The Morgan fingerprint density at radius 2 is 1.92 bits per heavy atom. The molecular weight excluding hydrogens is 152 g/mol. The fourth-order valence-electron chi connectivity index (χ4n) is 0.957. The number of carbonyl (C=O) groups is 1. The summed E-state index contributed by atoms with van der Waals surface area (Å²) in [6.45, 7) is 5.94. The van der Waals surface area contributed by atoms with Gasteiger partial charge in [0.05, 0.1) is 7.11 Å². The number of esters is 1. The summed E-state index contributed by atoms with van der Waals surface area (Å²) in [6.07, 6.45) is 3.30. The molecule has 0 aromatic carbocycles. The van der Waals surface area contributed by atoms with Crippen molar-refractivity contribution in [3.05, 3.63) is 11.1 Å². The fraction of sp³-hybridized carbons (Fsp3) is 0.700. The summed E-state index contributed by atoms with van der Waals surface area (Å²) in [4.78, 5) is 11.0. The molecule has 70 valence electrons. The van der Waals surface area contributed by atoms with Crippen LogP contribution in [0, 0.1) is 0 Å². The van der Waals surface area contributed by atoms with Gasteiger partial charge in [-0.3, -0.25) is 0 Å². The topological polar surface area (TPSA) is 26.3 Å². The first kappa shape index (κ1) is 11.2. The van der Waals surface area contributed by atoms with Gasteiger partial charge in [-0.25, -0.2) is 4.79 Å². The Labute approximate surface area is 74.6 Å². The van der Waals surface area contributed by atoms with E-state index in [-0.39, 0.29) is 5.97 Å². The molecule has 0 fully saturated rings. The summed E-state index contributed by atoms with van der Waals surface area (Å²) in [7, 11) is 1.42. The predicted molar refractivity (Wildman–Crippen MR) is 49.9 cm³/mol. The van der Waals surface area contributed by atoms with Crippen LogP contribution in [0.2, 0.25) is 0 Å². The molecule has 0 amide bonds. The molecule has 0 aromatic rings. The zero-order chi connectivity index (χ0) is 9.56. The normalized spacial score (nSPS) is 12.3. The maximum Gasteiger partial charge on any atom is 0.333 e. The van der Waals surface area contributed by atoms with Crippen molar-refractivity contribution in [2.45, 2.75) is 40.0 Å². The van der Waals surface area contributed by atoms with Gasteiger partial charge in [-0.2, -0.15) is 0 Å². The third-order valence-electron chi connectivity index (χ3n) is 2.04. The van der Waals surface area contributed by atoms with Crippen LogP contribution >= 0.6 is 0 Å². The lowest BCUT2D eigenvalue weighted by atomic mass is 10.1. The summed E-state index contributed by atoms with van der Waals surface area (Å²) < 4.78 is 4.62. The highest BCUT2D eigenvalue weighted by molar-refractivity contribution is 5.88. The Kier molecular flexibility index (Phi) is 5.43. The van der Waals surface area contributed by atoms with Gasteiger partial charge in [0.15, 0.2) is 0 Å². The highest BCUT2D eigenvalue weighted by atomic mass is 16.5. The number of rotatable bonds is 4. The average molecular weight is 170 g/mol. The molecule has 0 radical (unpaired) electrons. The van der Waals surface area contributed by atoms with Gasteiger partial charge in [0.25, 0.3) is 0 Å². The minimum absolute atomic E-state index is 0.205. The smallest absolute Gasteiger partial charge is 0.333 e. The van der Waals surface area contributed by atoms with Crippen LogP contribution in [0.4, 0.5) is 0 Å². The monoisotopic (exact) mass is 170 g/mol. The van der Waals surface area contributed by atoms with Crippen LogP contribution in [0.3, 0.4) is 0 Å². The van der Waals surface area contributed by atoms with Crippen molar-refractivity contribution < 1.29 is 9.53 Å². The van der Waals surface area contributed by atoms with Gasteiger partial charge in [0, 0.05) is 5.57 Å². The summed E-state index contributed by atoms with van der Waals surface area (Å²) >= 11 is 0. The molecule has 0 bridgehead atoms. The predicted octanol–water partition coefficient (Wildman–Crippen LogP) is 2.69. The molecular formula is C10H18O2. The first-order valence-corrected chi connectivity index (χ1v) is 4.38. The molecule has 0 spiro atoms. The standard InChI is InChI=1S/C10H18O2/c1-5-6-7-8(2)9(3)10(11)12-4/h5-7H2,1-4H3/b9-8+. The van der Waals surface area contributed by atoms with E-state index in [1.54, 1.807) is 0 Å². The van der Waals surface area contributed by atoms with Crippen LogP contribution < -0.4 is 0 Å². The van der Waals surface area contributed by atoms with Crippen LogP contribution in [-0.2, 0) is 9.53 Å². The van der Waals surface area contributed by atoms with Crippen molar-refractivity contribution in [3.63, 3.8) is 0 Å². The van der Waals surface area contributed by atoms with Crippen molar-refractivity contribution in [3.8, 4) is 0 Å². The van der Waals surface area contributed by atoms with E-state index in [0.29, 0.717) is 0 Å². The van der Waals surface area contributed by atoms with Crippen LogP contribution in [0.25, 0.3) is 0 Å². The molecule has 2 nitrogen and oxygen atoms in total. The second-order valence-electron chi connectivity index (χ2n) is 3.00. The molecule has 2 heteroatoms. The lowest BCUT2D eigenvalue weighted by Crippen LogP contribution is -2.03. The summed E-state index contributed by atoms with van der Waals surface area (Å²) in [5.74, 6) is -0.205. The van der Waals surface area contributed by atoms with Gasteiger partial charge in [-0.05, 0) is 26.7 Å². The average Bonchev–Trinajstić information content (AvgIpc) is 2.11. The van der Waals surface area contributed by atoms with E-state index in [2.05, 4.69) is 11.7 Å². The molecule has 0 heterocycles. The Balaban J connectivity index is 4.15. The number of hydrogen-bond donors (Lipinski definition) is 0. The SMILES string of the molecule is CCCC/C(C)=C(\C)C(=O)OC. The van der Waals surface area contributed by atoms with E-state index in [0.717, 1.165) is 30.4 Å². The van der Waals surface area contributed by atoms with E-state index >= 15 is 0 Å². The first-order valence-electron chi connectivity index (χ1n) is 4.38. The highest BCUT2D eigenvalue weighted by Crippen LogP contribution is 2.12. The van der Waals surface area contributed by atoms with Gasteiger partial charge in [-0.1, -0.05) is 18.9 Å². The van der Waals surface area contributed by atoms with E-state index < -0.39 is 0 Å². The Bertz CT molecular complexity index is 180. The number of ether oxygens (including phenoxy) is 1. The quantitative estimate of drug-likeness (QED) is 0.479. The van der Waals surface area contributed by atoms with Crippen LogP contribution in [0.5, 0.6) is 0 Å². The fourth-order valence-corrected chi connectivity index (χ4v) is 0.957. The molecule has 0 N–H and O–H groups in total. The van der Waals surface area contributed by atoms with Gasteiger partial charge in [0.1, 0.15) is 0 Å². The minimum atomic E-state index is -0.205. The van der Waals surface area contributed by atoms with Crippen molar-refractivity contribution in [2.75, 3.05) is 7.11 Å². The number of carbonyl (C=O) groups excluding carboxylic acids is 1. The van der Waals surface area contributed by atoms with E-state index in [4.69, 9.17) is 0 Å². The third kappa shape index (κ3) is 3.56. The zero-order valence-electron chi connectivity index (χ0n) is 8.44. The largest absolute Gasteiger partial charge is 0.466 e.